The van der Waals surface area contributed by atoms with Crippen LogP contribution >= 0.6 is 0 Å². The fourth-order valence-electron chi connectivity index (χ4n) is 4.50. The maximum Gasteiger partial charge on any atom is 0.222 e. The van der Waals surface area contributed by atoms with E-state index in [2.05, 4.69) is 16.7 Å². The summed E-state index contributed by atoms with van der Waals surface area (Å²) in [5, 5.41) is 15.7. The molecule has 188 valence electrons. The Morgan fingerprint density at radius 3 is 2.63 bits per heavy atom. The summed E-state index contributed by atoms with van der Waals surface area (Å²) in [6.07, 6.45) is 0.467. The van der Waals surface area contributed by atoms with Gasteiger partial charge in [-0.05, 0) is 25.1 Å². The Morgan fingerprint density at radius 1 is 1.14 bits per heavy atom. The maximum atomic E-state index is 13.8. The van der Waals surface area contributed by atoms with Gasteiger partial charge in [-0.2, -0.15) is 5.10 Å². The molecule has 1 aliphatic rings. The van der Waals surface area contributed by atoms with Crippen LogP contribution in [0.15, 0.2) is 54.6 Å². The summed E-state index contributed by atoms with van der Waals surface area (Å²) in [6, 6.07) is 16.1. The Bertz CT molecular complexity index is 1070. The highest BCUT2D eigenvalue weighted by molar-refractivity contribution is 5.65. The molecule has 1 N–H and O–H groups in total. The molecular formula is C27H35FN4O3. The molecule has 0 bridgehead atoms. The number of morpholine rings is 1. The molecule has 7 nitrogen and oxygen atoms in total. The number of aromatic nitrogens is 2. The van der Waals surface area contributed by atoms with Gasteiger partial charge in [-0.15, -0.1) is 0 Å². The predicted molar refractivity (Wildman–Crippen MR) is 134 cm³/mol. The molecule has 35 heavy (non-hydrogen) atoms. The number of aliphatic hydroxyl groups excluding tert-OH is 1. The maximum absolute atomic E-state index is 13.8. The van der Waals surface area contributed by atoms with Crippen LogP contribution < -0.4 is 4.74 Å². The minimum Gasteiger partial charge on any atom is -0.439 e. The molecule has 0 saturated carbocycles. The van der Waals surface area contributed by atoms with Crippen LogP contribution in [0, 0.1) is 5.82 Å². The highest BCUT2D eigenvalue weighted by Gasteiger charge is 2.24. The average Bonchev–Trinajstić information content (AvgIpc) is 3.15. The zero-order chi connectivity index (χ0) is 24.6. The fourth-order valence-corrected chi connectivity index (χ4v) is 4.50. The van der Waals surface area contributed by atoms with Gasteiger partial charge in [0.1, 0.15) is 17.3 Å². The lowest BCUT2D eigenvalue weighted by atomic mass is 10.1. The summed E-state index contributed by atoms with van der Waals surface area (Å²) >= 11 is 0. The van der Waals surface area contributed by atoms with Gasteiger partial charge in [-0.1, -0.05) is 43.3 Å². The lowest BCUT2D eigenvalue weighted by molar-refractivity contribution is 0.00624. The summed E-state index contributed by atoms with van der Waals surface area (Å²) in [4.78, 5) is 4.49. The summed E-state index contributed by atoms with van der Waals surface area (Å²) in [6.45, 7) is 7.77. The van der Waals surface area contributed by atoms with E-state index in [1.165, 1.54) is 12.1 Å². The van der Waals surface area contributed by atoms with E-state index in [4.69, 9.17) is 14.6 Å². The zero-order valence-electron chi connectivity index (χ0n) is 20.6. The molecule has 0 aliphatic carbocycles. The number of ether oxygens (including phenoxy) is 2. The molecule has 0 amide bonds. The van der Waals surface area contributed by atoms with E-state index in [1.54, 1.807) is 16.8 Å². The SMILES string of the molecule is CCCN(Cc1c(-c2ccccc2)nn(C)c1Oc1cccc(F)c1)C[C@@H](O)CN1CCOCC1. The highest BCUT2D eigenvalue weighted by atomic mass is 19.1. The van der Waals surface area contributed by atoms with Crippen LogP contribution in [-0.4, -0.2) is 76.7 Å². The van der Waals surface area contributed by atoms with Gasteiger partial charge in [0, 0.05) is 51.4 Å². The number of halogens is 1. The number of aryl methyl sites for hydroxylation is 1. The lowest BCUT2D eigenvalue weighted by Crippen LogP contribution is -2.44. The molecule has 1 atom stereocenters. The number of nitrogens with zero attached hydrogens (tertiary/aromatic N) is 4. The van der Waals surface area contributed by atoms with Crippen LogP contribution in [0.2, 0.25) is 0 Å². The standard InChI is InChI=1S/C27H35FN4O3/c1-3-12-32(19-23(33)18-31-13-15-34-16-14-31)20-25-26(21-8-5-4-6-9-21)29-30(2)27(25)35-24-11-7-10-22(28)17-24/h4-11,17,23,33H,3,12-16,18-20H2,1-2H3/t23-/m0/s1. The van der Waals surface area contributed by atoms with Gasteiger partial charge in [-0.25, -0.2) is 9.07 Å². The number of hydrogen-bond donors (Lipinski definition) is 1. The molecular weight excluding hydrogens is 447 g/mol. The second-order valence-corrected chi connectivity index (χ2v) is 8.98. The molecule has 1 fully saturated rings. The zero-order valence-corrected chi connectivity index (χ0v) is 20.6. The van der Waals surface area contributed by atoms with Gasteiger partial charge >= 0.3 is 0 Å². The van der Waals surface area contributed by atoms with Gasteiger partial charge in [-0.3, -0.25) is 9.80 Å². The van der Waals surface area contributed by atoms with Crippen molar-refractivity contribution in [1.82, 2.24) is 19.6 Å². The second-order valence-electron chi connectivity index (χ2n) is 8.98. The van der Waals surface area contributed by atoms with E-state index in [0.717, 1.165) is 42.9 Å². The molecule has 1 aromatic heterocycles. The van der Waals surface area contributed by atoms with Gasteiger partial charge in [0.15, 0.2) is 0 Å². The third-order valence-corrected chi connectivity index (χ3v) is 6.11. The van der Waals surface area contributed by atoms with Crippen molar-refractivity contribution in [2.75, 3.05) is 45.9 Å². The molecule has 4 rings (SSSR count). The van der Waals surface area contributed by atoms with Crippen molar-refractivity contribution in [3.05, 3.63) is 66.0 Å². The molecule has 3 aromatic rings. The van der Waals surface area contributed by atoms with Gasteiger partial charge in [0.25, 0.3) is 0 Å². The Labute approximate surface area is 206 Å². The van der Waals surface area contributed by atoms with Crippen molar-refractivity contribution in [2.45, 2.75) is 26.0 Å². The second kappa shape index (κ2) is 12.3. The first kappa shape index (κ1) is 25.3. The van der Waals surface area contributed by atoms with Crippen LogP contribution in [0.3, 0.4) is 0 Å². The van der Waals surface area contributed by atoms with Gasteiger partial charge < -0.3 is 14.6 Å². The largest absolute Gasteiger partial charge is 0.439 e. The van der Waals surface area contributed by atoms with Crippen molar-refractivity contribution in [2.24, 2.45) is 7.05 Å². The van der Waals surface area contributed by atoms with Crippen molar-refractivity contribution >= 4 is 0 Å². The molecule has 1 aliphatic heterocycles. The first-order chi connectivity index (χ1) is 17.0. The van der Waals surface area contributed by atoms with Crippen LogP contribution in [-0.2, 0) is 18.3 Å². The molecule has 2 aromatic carbocycles. The summed E-state index contributed by atoms with van der Waals surface area (Å²) < 4.78 is 27.1. The number of benzene rings is 2. The van der Waals surface area contributed by atoms with Crippen molar-refractivity contribution < 1.29 is 19.0 Å². The number of β-amino-alcohol motifs (C(OH)–C–C–N with tert-alkyl or cyclic N) is 1. The van der Waals surface area contributed by atoms with E-state index in [-0.39, 0.29) is 5.82 Å². The average molecular weight is 483 g/mol. The molecule has 2 heterocycles. The molecule has 0 unspecified atom stereocenters. The highest BCUT2D eigenvalue weighted by Crippen LogP contribution is 2.34. The quantitative estimate of drug-likeness (QED) is 0.447. The summed E-state index contributed by atoms with van der Waals surface area (Å²) in [7, 11) is 1.84. The van der Waals surface area contributed by atoms with E-state index in [1.807, 2.05) is 37.4 Å². The van der Waals surface area contributed by atoms with Gasteiger partial charge in [0.05, 0.1) is 24.9 Å². The first-order valence-electron chi connectivity index (χ1n) is 12.3. The Kier molecular flexibility index (Phi) is 8.87. The van der Waals surface area contributed by atoms with Crippen LogP contribution in [0.1, 0.15) is 18.9 Å². The molecule has 0 spiro atoms. The minimum absolute atomic E-state index is 0.353. The summed E-state index contributed by atoms with van der Waals surface area (Å²) in [5.41, 5.74) is 2.72. The fraction of sp³-hybridized carbons (Fsp3) is 0.444. The minimum atomic E-state index is -0.482. The molecule has 1 saturated heterocycles. The van der Waals surface area contributed by atoms with Crippen molar-refractivity contribution in [3.63, 3.8) is 0 Å². The van der Waals surface area contributed by atoms with E-state index in [0.29, 0.717) is 44.5 Å². The van der Waals surface area contributed by atoms with Crippen LogP contribution in [0.5, 0.6) is 11.6 Å². The molecule has 8 heteroatoms. The van der Waals surface area contributed by atoms with Gasteiger partial charge in [0.2, 0.25) is 5.88 Å². The summed E-state index contributed by atoms with van der Waals surface area (Å²) in [5.74, 6) is 0.634. The molecule has 0 radical (unpaired) electrons. The Hall–Kier alpha value is -2.78. The van der Waals surface area contributed by atoms with Crippen LogP contribution in [0.4, 0.5) is 4.39 Å². The predicted octanol–water partition coefficient (Wildman–Crippen LogP) is 3.92. The third-order valence-electron chi connectivity index (χ3n) is 6.11. The monoisotopic (exact) mass is 482 g/mol. The normalized spacial score (nSPS) is 15.5. The van der Waals surface area contributed by atoms with E-state index < -0.39 is 6.10 Å². The smallest absolute Gasteiger partial charge is 0.222 e. The van der Waals surface area contributed by atoms with E-state index in [9.17, 15) is 9.50 Å². The Morgan fingerprint density at radius 2 is 1.91 bits per heavy atom. The number of hydrogen-bond acceptors (Lipinski definition) is 6. The first-order valence-corrected chi connectivity index (χ1v) is 12.3. The van der Waals surface area contributed by atoms with Crippen molar-refractivity contribution in [1.29, 1.82) is 0 Å². The van der Waals surface area contributed by atoms with E-state index >= 15 is 0 Å². The topological polar surface area (TPSA) is 63.0 Å². The van der Waals surface area contributed by atoms with Crippen LogP contribution in [0.25, 0.3) is 11.3 Å². The number of aliphatic hydroxyl groups is 1. The Balaban J connectivity index is 1.60. The van der Waals surface area contributed by atoms with Crippen molar-refractivity contribution in [3.8, 4) is 22.9 Å². The lowest BCUT2D eigenvalue weighted by Gasteiger charge is -2.31. The third kappa shape index (κ3) is 6.89. The number of rotatable bonds is 11.